The van der Waals surface area contributed by atoms with Crippen molar-refractivity contribution in [3.8, 4) is 56.7 Å². The summed E-state index contributed by atoms with van der Waals surface area (Å²) in [6, 6.07) is 43.8. The molecule has 2 aliphatic rings. The van der Waals surface area contributed by atoms with Gasteiger partial charge in [-0.3, -0.25) is 9.97 Å². The van der Waals surface area contributed by atoms with Crippen molar-refractivity contribution in [1.82, 2.24) is 24.9 Å². The van der Waals surface area contributed by atoms with Crippen LogP contribution in [0.15, 0.2) is 144 Å². The number of benzene rings is 4. The molecule has 46 heavy (non-hydrogen) atoms. The van der Waals surface area contributed by atoms with Crippen LogP contribution in [0.2, 0.25) is 0 Å². The molecule has 0 N–H and O–H groups in total. The molecule has 1 spiro atoms. The smallest absolute Gasteiger partial charge is 0.182 e. The van der Waals surface area contributed by atoms with Gasteiger partial charge in [0.15, 0.2) is 17.5 Å². The second-order valence-corrected chi connectivity index (χ2v) is 11.6. The van der Waals surface area contributed by atoms with Crippen molar-refractivity contribution in [3.05, 3.63) is 162 Å². The van der Waals surface area contributed by atoms with E-state index in [1.807, 2.05) is 42.5 Å². The zero-order valence-electron chi connectivity index (χ0n) is 24.4. The fourth-order valence-corrected chi connectivity index (χ4v) is 7.41. The summed E-state index contributed by atoms with van der Waals surface area (Å²) in [6.07, 6.45) is 3.49. The van der Waals surface area contributed by atoms with Crippen LogP contribution in [0, 0.1) is 0 Å². The first kappa shape index (κ1) is 25.1. The van der Waals surface area contributed by atoms with Crippen LogP contribution >= 0.6 is 0 Å². The molecule has 6 heteroatoms. The third kappa shape index (κ3) is 3.32. The maximum Gasteiger partial charge on any atom is 0.182 e. The van der Waals surface area contributed by atoms with E-state index in [2.05, 4.69) is 94.9 Å². The second kappa shape index (κ2) is 9.36. The summed E-state index contributed by atoms with van der Waals surface area (Å²) in [5.74, 6) is 2.51. The van der Waals surface area contributed by atoms with E-state index in [0.717, 1.165) is 33.4 Å². The van der Waals surface area contributed by atoms with E-state index in [1.54, 1.807) is 12.4 Å². The van der Waals surface area contributed by atoms with Gasteiger partial charge in [0.1, 0.15) is 28.1 Å². The molecule has 0 saturated carbocycles. The fourth-order valence-electron chi connectivity index (χ4n) is 7.41. The summed E-state index contributed by atoms with van der Waals surface area (Å²) in [5, 5.41) is 1.09. The molecule has 10 rings (SSSR count). The molecular formula is C40H23N5O. The third-order valence-electron chi connectivity index (χ3n) is 9.26. The molecule has 4 aromatic heterocycles. The van der Waals surface area contributed by atoms with Crippen LogP contribution in [-0.4, -0.2) is 24.9 Å². The first-order chi connectivity index (χ1) is 22.8. The molecule has 2 aliphatic carbocycles. The Hall–Kier alpha value is -6.27. The summed E-state index contributed by atoms with van der Waals surface area (Å²) >= 11 is 0. The van der Waals surface area contributed by atoms with Crippen LogP contribution in [0.4, 0.5) is 0 Å². The Morgan fingerprint density at radius 1 is 0.478 bits per heavy atom. The maximum absolute atomic E-state index is 6.89. The molecule has 0 aliphatic heterocycles. The molecule has 0 bridgehead atoms. The topological polar surface area (TPSA) is 77.6 Å². The van der Waals surface area contributed by atoms with Crippen LogP contribution in [0.1, 0.15) is 22.5 Å². The summed E-state index contributed by atoms with van der Waals surface area (Å²) in [5.41, 5.74) is 10.9. The minimum absolute atomic E-state index is 0.497. The predicted molar refractivity (Wildman–Crippen MR) is 178 cm³/mol. The molecule has 0 amide bonds. The normalized spacial score (nSPS) is 13.4. The number of hydrogen-bond donors (Lipinski definition) is 0. The molecule has 6 nitrogen and oxygen atoms in total. The van der Waals surface area contributed by atoms with Crippen molar-refractivity contribution in [2.24, 2.45) is 0 Å². The number of fused-ring (bicyclic) bond motifs is 12. The van der Waals surface area contributed by atoms with Crippen LogP contribution < -0.4 is 0 Å². The molecule has 0 radical (unpaired) electrons. The Labute approximate surface area is 264 Å². The Bertz CT molecular complexity index is 2380. The highest BCUT2D eigenvalue weighted by atomic mass is 16.3. The lowest BCUT2D eigenvalue weighted by atomic mass is 9.73. The lowest BCUT2D eigenvalue weighted by Gasteiger charge is -2.28. The van der Waals surface area contributed by atoms with Crippen LogP contribution in [-0.2, 0) is 5.41 Å². The number of hydrogen-bond acceptors (Lipinski definition) is 6. The zero-order chi connectivity index (χ0) is 30.2. The van der Waals surface area contributed by atoms with Crippen LogP contribution in [0.25, 0.3) is 67.6 Å². The minimum Gasteiger partial charge on any atom is -0.459 e. The van der Waals surface area contributed by atoms with Gasteiger partial charge >= 0.3 is 0 Å². The van der Waals surface area contributed by atoms with Gasteiger partial charge in [0.2, 0.25) is 0 Å². The SMILES string of the molecule is c1ccc(-c2nc(-c3ccc4c(c3)-c3c(oc5ccccc35)C43c4ccccc4-c4ccccc43)nc(-c3ccccn3)n2)nc1. The van der Waals surface area contributed by atoms with E-state index < -0.39 is 5.41 Å². The van der Waals surface area contributed by atoms with Gasteiger partial charge in [-0.1, -0.05) is 91.0 Å². The molecule has 0 atom stereocenters. The Kier molecular flexibility index (Phi) is 5.11. The summed E-state index contributed by atoms with van der Waals surface area (Å²) in [4.78, 5) is 23.8. The number of rotatable bonds is 3. The molecule has 8 aromatic rings. The average Bonchev–Trinajstić information content (AvgIpc) is 3.76. The van der Waals surface area contributed by atoms with Crippen molar-refractivity contribution < 1.29 is 4.42 Å². The van der Waals surface area contributed by atoms with Crippen LogP contribution in [0.5, 0.6) is 0 Å². The number of nitrogens with zero attached hydrogens (tertiary/aromatic N) is 5. The Morgan fingerprint density at radius 3 is 1.70 bits per heavy atom. The van der Waals surface area contributed by atoms with Gasteiger partial charge in [0.25, 0.3) is 0 Å². The highest BCUT2D eigenvalue weighted by molar-refractivity contribution is 6.05. The standard InChI is InChI=1S/C40H23N5O/c1-4-14-29-25(11-1)26-12-2-5-15-30(26)40(29)31-20-19-24(23-28(31)35-27-13-3-6-18-34(27)46-36(35)40)37-43-38(32-16-7-9-21-41-32)45-39(44-37)33-17-8-10-22-42-33/h1-23H. The van der Waals surface area contributed by atoms with Crippen molar-refractivity contribution in [2.45, 2.75) is 5.41 Å². The van der Waals surface area contributed by atoms with Gasteiger partial charge in [0, 0.05) is 28.9 Å². The monoisotopic (exact) mass is 589 g/mol. The van der Waals surface area contributed by atoms with E-state index in [9.17, 15) is 0 Å². The van der Waals surface area contributed by atoms with Crippen molar-refractivity contribution in [3.63, 3.8) is 0 Å². The number of furan rings is 1. The first-order valence-electron chi connectivity index (χ1n) is 15.3. The van der Waals surface area contributed by atoms with E-state index in [4.69, 9.17) is 19.4 Å². The molecule has 4 heterocycles. The highest BCUT2D eigenvalue weighted by Crippen LogP contribution is 2.64. The van der Waals surface area contributed by atoms with Crippen molar-refractivity contribution in [2.75, 3.05) is 0 Å². The molecule has 214 valence electrons. The minimum atomic E-state index is -0.577. The Balaban J connectivity index is 1.26. The quantitative estimate of drug-likeness (QED) is 0.205. The number of para-hydroxylation sites is 1. The molecule has 0 saturated heterocycles. The summed E-state index contributed by atoms with van der Waals surface area (Å²) < 4.78 is 6.89. The van der Waals surface area contributed by atoms with Gasteiger partial charge in [-0.05, 0) is 69.8 Å². The summed E-state index contributed by atoms with van der Waals surface area (Å²) in [7, 11) is 0. The first-order valence-corrected chi connectivity index (χ1v) is 15.3. The van der Waals surface area contributed by atoms with Crippen LogP contribution in [0.3, 0.4) is 0 Å². The fraction of sp³-hybridized carbons (Fsp3) is 0.0250. The van der Waals surface area contributed by atoms with Gasteiger partial charge in [-0.25, -0.2) is 15.0 Å². The van der Waals surface area contributed by atoms with Gasteiger partial charge in [0.05, 0.1) is 0 Å². The largest absolute Gasteiger partial charge is 0.459 e. The zero-order valence-corrected chi connectivity index (χ0v) is 24.4. The summed E-state index contributed by atoms with van der Waals surface area (Å²) in [6.45, 7) is 0. The Morgan fingerprint density at radius 2 is 1.04 bits per heavy atom. The molecule has 0 unspecified atom stereocenters. The average molecular weight is 590 g/mol. The highest BCUT2D eigenvalue weighted by Gasteiger charge is 2.55. The molecule has 0 fully saturated rings. The van der Waals surface area contributed by atoms with E-state index in [0.29, 0.717) is 28.9 Å². The van der Waals surface area contributed by atoms with E-state index >= 15 is 0 Å². The second-order valence-electron chi connectivity index (χ2n) is 11.6. The number of aromatic nitrogens is 5. The number of pyridine rings is 2. The lowest BCUT2D eigenvalue weighted by molar-refractivity contribution is 0.507. The third-order valence-corrected chi connectivity index (χ3v) is 9.26. The predicted octanol–water partition coefficient (Wildman–Crippen LogP) is 8.75. The van der Waals surface area contributed by atoms with Gasteiger partial charge < -0.3 is 4.42 Å². The van der Waals surface area contributed by atoms with E-state index in [-0.39, 0.29) is 0 Å². The molecule has 4 aromatic carbocycles. The molecular weight excluding hydrogens is 566 g/mol. The maximum atomic E-state index is 6.89. The van der Waals surface area contributed by atoms with Gasteiger partial charge in [-0.15, -0.1) is 0 Å². The van der Waals surface area contributed by atoms with Crippen molar-refractivity contribution >= 4 is 11.0 Å². The lowest BCUT2D eigenvalue weighted by Crippen LogP contribution is -2.25. The van der Waals surface area contributed by atoms with Gasteiger partial charge in [-0.2, -0.15) is 0 Å². The van der Waals surface area contributed by atoms with Crippen molar-refractivity contribution in [1.29, 1.82) is 0 Å². The van der Waals surface area contributed by atoms with E-state index in [1.165, 1.54) is 27.8 Å².